The Kier molecular flexibility index (Phi) is 7.25. The van der Waals surface area contributed by atoms with Crippen molar-refractivity contribution in [2.45, 2.75) is 38.2 Å². The van der Waals surface area contributed by atoms with Gasteiger partial charge in [0, 0.05) is 0 Å². The number of halogens is 1. The van der Waals surface area contributed by atoms with Crippen molar-refractivity contribution < 1.29 is 33.2 Å². The topological polar surface area (TPSA) is 135 Å². The zero-order valence-corrected chi connectivity index (χ0v) is 20.2. The molecule has 3 N–H and O–H groups in total. The molecule has 0 spiro atoms. The molecule has 0 saturated carbocycles. The number of hydrogen-bond acceptors (Lipinski definition) is 8. The summed E-state index contributed by atoms with van der Waals surface area (Å²) in [6.45, 7) is 3.32. The van der Waals surface area contributed by atoms with Crippen LogP contribution < -0.4 is 20.8 Å². The molecule has 0 aliphatic carbocycles. The third kappa shape index (κ3) is 5.32. The highest BCUT2D eigenvalue weighted by atomic mass is 19.1. The number of carbonyl (C=O) groups is 1. The minimum absolute atomic E-state index is 0.0505. The Morgan fingerprint density at radius 2 is 2.06 bits per heavy atom. The highest BCUT2D eigenvalue weighted by Crippen LogP contribution is 2.27. The molecule has 3 aromatic rings. The van der Waals surface area contributed by atoms with E-state index < -0.39 is 35.1 Å². The molecule has 1 aliphatic rings. The van der Waals surface area contributed by atoms with Gasteiger partial charge in [0.1, 0.15) is 30.0 Å². The van der Waals surface area contributed by atoms with E-state index in [0.717, 1.165) is 10.6 Å². The highest BCUT2D eigenvalue weighted by molar-refractivity contribution is 5.93. The maximum Gasteiger partial charge on any atom is 0.284 e. The van der Waals surface area contributed by atoms with Crippen molar-refractivity contribution in [1.82, 2.24) is 9.55 Å². The van der Waals surface area contributed by atoms with E-state index in [2.05, 4.69) is 4.98 Å². The molecule has 0 radical (unpaired) electrons. The SMILES string of the molecule is COc1cccc(Cn2c(C(N)=O)nc3ccc(F)c(OCC4COC(C(C)(C)O)CO4)c3c2=O)c1. The minimum atomic E-state index is -1.08. The smallest absolute Gasteiger partial charge is 0.284 e. The van der Waals surface area contributed by atoms with Crippen LogP contribution in [0, 0.1) is 5.82 Å². The first kappa shape index (κ1) is 25.5. The van der Waals surface area contributed by atoms with Crippen LogP contribution in [0.1, 0.15) is 30.0 Å². The molecule has 4 rings (SSSR count). The minimum Gasteiger partial charge on any atom is -0.497 e. The van der Waals surface area contributed by atoms with Crippen molar-refractivity contribution in [3.8, 4) is 11.5 Å². The summed E-state index contributed by atoms with van der Waals surface area (Å²) in [5, 5.41) is 9.94. The van der Waals surface area contributed by atoms with E-state index in [4.69, 9.17) is 24.7 Å². The summed E-state index contributed by atoms with van der Waals surface area (Å²) in [6, 6.07) is 9.31. The molecule has 36 heavy (non-hydrogen) atoms. The highest BCUT2D eigenvalue weighted by Gasteiger charge is 2.33. The quantitative estimate of drug-likeness (QED) is 0.476. The Labute approximate surface area is 206 Å². The number of aromatic nitrogens is 2. The second kappa shape index (κ2) is 10.2. The summed E-state index contributed by atoms with van der Waals surface area (Å²) in [5.41, 5.74) is 4.46. The third-order valence-corrected chi connectivity index (χ3v) is 5.89. The normalized spacial score (nSPS) is 18.2. The van der Waals surface area contributed by atoms with Crippen LogP contribution in [0.15, 0.2) is 41.2 Å². The first-order chi connectivity index (χ1) is 17.1. The number of nitrogens with two attached hydrogens (primary N) is 1. The first-order valence-electron chi connectivity index (χ1n) is 11.3. The molecule has 2 heterocycles. The zero-order chi connectivity index (χ0) is 26.0. The van der Waals surface area contributed by atoms with E-state index in [1.807, 2.05) is 0 Å². The number of fused-ring (bicyclic) bond motifs is 1. The van der Waals surface area contributed by atoms with Crippen molar-refractivity contribution in [3.05, 3.63) is 64.0 Å². The molecule has 10 nitrogen and oxygen atoms in total. The summed E-state index contributed by atoms with van der Waals surface area (Å²) >= 11 is 0. The number of primary amides is 1. The number of aliphatic hydroxyl groups is 1. The molecule has 11 heteroatoms. The lowest BCUT2D eigenvalue weighted by atomic mass is 10.0. The fourth-order valence-electron chi connectivity index (χ4n) is 3.91. The van der Waals surface area contributed by atoms with Crippen molar-refractivity contribution in [2.75, 3.05) is 26.9 Å². The van der Waals surface area contributed by atoms with Gasteiger partial charge in [-0.15, -0.1) is 0 Å². The second-order valence-corrected chi connectivity index (χ2v) is 9.06. The molecule has 2 unspecified atom stereocenters. The van der Waals surface area contributed by atoms with Gasteiger partial charge in [0.15, 0.2) is 11.6 Å². The van der Waals surface area contributed by atoms with Gasteiger partial charge >= 0.3 is 0 Å². The van der Waals surface area contributed by atoms with Crippen molar-refractivity contribution in [1.29, 1.82) is 0 Å². The van der Waals surface area contributed by atoms with Crippen molar-refractivity contribution >= 4 is 16.8 Å². The Bertz CT molecular complexity index is 1330. The van der Waals surface area contributed by atoms with E-state index in [0.29, 0.717) is 11.3 Å². The molecule has 1 saturated heterocycles. The van der Waals surface area contributed by atoms with Crippen LogP contribution in [0.25, 0.3) is 10.9 Å². The lowest BCUT2D eigenvalue weighted by molar-refractivity contribution is -0.194. The molecule has 1 amide bonds. The fourth-order valence-corrected chi connectivity index (χ4v) is 3.91. The Morgan fingerprint density at radius 3 is 2.69 bits per heavy atom. The zero-order valence-electron chi connectivity index (χ0n) is 20.2. The van der Waals surface area contributed by atoms with E-state index in [9.17, 15) is 19.1 Å². The number of methoxy groups -OCH3 is 1. The van der Waals surface area contributed by atoms with Crippen LogP contribution in [0.2, 0.25) is 0 Å². The Hall–Kier alpha value is -3.54. The molecular formula is C25H28FN3O7. The van der Waals surface area contributed by atoms with Gasteiger partial charge in [-0.05, 0) is 43.7 Å². The monoisotopic (exact) mass is 501 g/mol. The van der Waals surface area contributed by atoms with Crippen LogP contribution in [-0.2, 0) is 16.0 Å². The molecule has 1 aliphatic heterocycles. The third-order valence-electron chi connectivity index (χ3n) is 5.89. The summed E-state index contributed by atoms with van der Waals surface area (Å²) in [5.74, 6) is -1.69. The molecule has 2 aromatic carbocycles. The lowest BCUT2D eigenvalue weighted by Crippen LogP contribution is -2.49. The van der Waals surface area contributed by atoms with Gasteiger partial charge in [0.25, 0.3) is 11.5 Å². The Morgan fingerprint density at radius 1 is 1.28 bits per heavy atom. The van der Waals surface area contributed by atoms with Gasteiger partial charge in [-0.3, -0.25) is 14.2 Å². The average Bonchev–Trinajstić information content (AvgIpc) is 2.84. The van der Waals surface area contributed by atoms with Gasteiger partial charge in [-0.1, -0.05) is 12.1 Å². The number of rotatable bonds is 8. The number of amides is 1. The molecule has 1 fully saturated rings. The number of hydrogen-bond donors (Lipinski definition) is 2. The van der Waals surface area contributed by atoms with Crippen LogP contribution >= 0.6 is 0 Å². The van der Waals surface area contributed by atoms with E-state index in [1.165, 1.54) is 13.2 Å². The van der Waals surface area contributed by atoms with Gasteiger partial charge in [0.2, 0.25) is 5.82 Å². The Balaban J connectivity index is 1.67. The van der Waals surface area contributed by atoms with Gasteiger partial charge in [-0.25, -0.2) is 9.37 Å². The largest absolute Gasteiger partial charge is 0.497 e. The fraction of sp³-hybridized carbons (Fsp3) is 0.400. The lowest BCUT2D eigenvalue weighted by Gasteiger charge is -2.35. The summed E-state index contributed by atoms with van der Waals surface area (Å²) < 4.78 is 38.2. The number of ether oxygens (including phenoxy) is 4. The van der Waals surface area contributed by atoms with E-state index >= 15 is 0 Å². The second-order valence-electron chi connectivity index (χ2n) is 9.06. The van der Waals surface area contributed by atoms with Gasteiger partial charge in [0.05, 0.1) is 38.0 Å². The molecule has 1 aromatic heterocycles. The van der Waals surface area contributed by atoms with Crippen LogP contribution in [0.3, 0.4) is 0 Å². The summed E-state index contributed by atoms with van der Waals surface area (Å²) in [4.78, 5) is 29.9. The predicted octanol–water partition coefficient (Wildman–Crippen LogP) is 1.63. The van der Waals surface area contributed by atoms with Gasteiger partial charge < -0.3 is 29.8 Å². The predicted molar refractivity (Wildman–Crippen MR) is 128 cm³/mol. The maximum absolute atomic E-state index is 14.9. The molecule has 0 bridgehead atoms. The molecule has 192 valence electrons. The van der Waals surface area contributed by atoms with Gasteiger partial charge in [-0.2, -0.15) is 0 Å². The van der Waals surface area contributed by atoms with Crippen LogP contribution in [0.5, 0.6) is 11.5 Å². The van der Waals surface area contributed by atoms with Crippen molar-refractivity contribution in [2.24, 2.45) is 5.73 Å². The van der Waals surface area contributed by atoms with Crippen LogP contribution in [0.4, 0.5) is 4.39 Å². The summed E-state index contributed by atoms with van der Waals surface area (Å²) in [7, 11) is 1.51. The standard InChI is InChI=1S/C25H28FN3O7/c1-25(2,32)19-13-34-16(11-35-19)12-36-21-17(26)7-8-18-20(21)24(31)29(23(28-18)22(27)30)10-14-5-4-6-15(9-14)33-3/h4-9,16,19,32H,10-13H2,1-3H3,(H2,27,30). The first-order valence-corrected chi connectivity index (χ1v) is 11.3. The molecular weight excluding hydrogens is 473 g/mol. The maximum atomic E-state index is 14.9. The average molecular weight is 502 g/mol. The van der Waals surface area contributed by atoms with Crippen molar-refractivity contribution in [3.63, 3.8) is 0 Å². The molecule has 2 atom stereocenters. The number of benzene rings is 2. The number of carbonyl (C=O) groups excluding carboxylic acids is 1. The van der Waals surface area contributed by atoms with Crippen LogP contribution in [-0.4, -0.2) is 65.3 Å². The number of nitrogens with zero attached hydrogens (tertiary/aromatic N) is 2. The van der Waals surface area contributed by atoms with E-state index in [-0.39, 0.29) is 48.8 Å². The van der Waals surface area contributed by atoms with E-state index in [1.54, 1.807) is 38.1 Å². The summed E-state index contributed by atoms with van der Waals surface area (Å²) in [6.07, 6.45) is -1.06.